The molecule has 0 bridgehead atoms. The normalized spacial score (nSPS) is 19.2. The van der Waals surface area contributed by atoms with E-state index in [4.69, 9.17) is 4.74 Å². The molecule has 1 aliphatic heterocycles. The molecule has 0 unspecified atom stereocenters. The molecular formula is C20H28N6O2. The molecule has 1 aliphatic carbocycles. The molecule has 2 fully saturated rings. The molecule has 0 aromatic carbocycles. The Kier molecular flexibility index (Phi) is 5.16. The SMILES string of the molecule is Cc1cc(C)nc(-n2nc(C)cc2NC(=O)CN2CCOCC3(CCC3)C2)n1. The highest BCUT2D eigenvalue weighted by Gasteiger charge is 2.40. The molecule has 1 saturated carbocycles. The molecule has 2 aromatic rings. The topological polar surface area (TPSA) is 85.2 Å². The van der Waals surface area contributed by atoms with Crippen molar-refractivity contribution >= 4 is 11.7 Å². The van der Waals surface area contributed by atoms with Crippen LogP contribution in [0.5, 0.6) is 0 Å². The van der Waals surface area contributed by atoms with Crippen molar-refractivity contribution in [3.05, 3.63) is 29.2 Å². The Morgan fingerprint density at radius 3 is 2.61 bits per heavy atom. The first-order chi connectivity index (χ1) is 13.4. The minimum absolute atomic E-state index is 0.0538. The fourth-order valence-electron chi connectivity index (χ4n) is 4.12. The summed E-state index contributed by atoms with van der Waals surface area (Å²) in [5.74, 6) is 1.01. The lowest BCUT2D eigenvalue weighted by Gasteiger charge is -2.42. The van der Waals surface area contributed by atoms with Crippen molar-refractivity contribution in [3.63, 3.8) is 0 Å². The average Bonchev–Trinajstić information content (AvgIpc) is 2.81. The Morgan fingerprint density at radius 2 is 1.93 bits per heavy atom. The van der Waals surface area contributed by atoms with E-state index in [-0.39, 0.29) is 11.3 Å². The predicted molar refractivity (Wildman–Crippen MR) is 106 cm³/mol. The molecule has 1 spiro atoms. The van der Waals surface area contributed by atoms with Crippen LogP contribution in [0.3, 0.4) is 0 Å². The van der Waals surface area contributed by atoms with Gasteiger partial charge in [0.2, 0.25) is 5.91 Å². The van der Waals surface area contributed by atoms with Crippen molar-refractivity contribution in [1.29, 1.82) is 0 Å². The molecule has 1 amide bonds. The molecule has 8 heteroatoms. The summed E-state index contributed by atoms with van der Waals surface area (Å²) in [6.07, 6.45) is 3.65. The van der Waals surface area contributed by atoms with Crippen molar-refractivity contribution in [3.8, 4) is 5.95 Å². The minimum Gasteiger partial charge on any atom is -0.379 e. The van der Waals surface area contributed by atoms with E-state index in [9.17, 15) is 4.79 Å². The van der Waals surface area contributed by atoms with Crippen LogP contribution >= 0.6 is 0 Å². The van der Waals surface area contributed by atoms with Gasteiger partial charge in [0.1, 0.15) is 5.82 Å². The molecule has 1 saturated heterocycles. The highest BCUT2D eigenvalue weighted by atomic mass is 16.5. The van der Waals surface area contributed by atoms with E-state index in [0.717, 1.165) is 36.8 Å². The third kappa shape index (κ3) is 4.07. The molecule has 4 rings (SSSR count). The second kappa shape index (κ2) is 7.60. The summed E-state index contributed by atoms with van der Waals surface area (Å²) in [6.45, 7) is 9.30. The van der Waals surface area contributed by atoms with Crippen LogP contribution in [-0.2, 0) is 9.53 Å². The first-order valence-electron chi connectivity index (χ1n) is 9.92. The lowest BCUT2D eigenvalue weighted by atomic mass is 9.69. The molecule has 150 valence electrons. The number of nitrogens with one attached hydrogen (secondary N) is 1. The third-order valence-corrected chi connectivity index (χ3v) is 5.56. The highest BCUT2D eigenvalue weighted by molar-refractivity contribution is 5.91. The molecule has 2 aliphatic rings. The Labute approximate surface area is 165 Å². The number of carbonyl (C=O) groups excluding carboxylic acids is 1. The third-order valence-electron chi connectivity index (χ3n) is 5.56. The largest absolute Gasteiger partial charge is 0.379 e. The van der Waals surface area contributed by atoms with E-state index in [0.29, 0.717) is 24.9 Å². The number of amides is 1. The van der Waals surface area contributed by atoms with Crippen LogP contribution < -0.4 is 5.32 Å². The lowest BCUT2D eigenvalue weighted by Crippen LogP contribution is -2.45. The van der Waals surface area contributed by atoms with Crippen LogP contribution in [0.2, 0.25) is 0 Å². The summed E-state index contributed by atoms with van der Waals surface area (Å²) in [6, 6.07) is 3.76. The van der Waals surface area contributed by atoms with Crippen molar-refractivity contribution in [2.24, 2.45) is 5.41 Å². The number of aryl methyl sites for hydroxylation is 3. The van der Waals surface area contributed by atoms with Gasteiger partial charge >= 0.3 is 0 Å². The zero-order chi connectivity index (χ0) is 19.7. The molecule has 1 N–H and O–H groups in total. The fraction of sp³-hybridized carbons (Fsp3) is 0.600. The van der Waals surface area contributed by atoms with Crippen LogP contribution in [0.25, 0.3) is 5.95 Å². The van der Waals surface area contributed by atoms with E-state index in [2.05, 4.69) is 25.3 Å². The van der Waals surface area contributed by atoms with Gasteiger partial charge in [-0.2, -0.15) is 9.78 Å². The summed E-state index contributed by atoms with van der Waals surface area (Å²) < 4.78 is 7.38. The molecule has 8 nitrogen and oxygen atoms in total. The Hall–Kier alpha value is -2.32. The number of anilines is 1. The standard InChI is InChI=1S/C20H28N6O2/c1-14-9-15(2)22-19(21-14)26-17(10-16(3)24-26)23-18(27)11-25-7-8-28-13-20(12-25)5-4-6-20/h9-10H,4-8,11-13H2,1-3H3,(H,23,27). The smallest absolute Gasteiger partial charge is 0.252 e. The Bertz CT molecular complexity index is 853. The summed E-state index contributed by atoms with van der Waals surface area (Å²) in [4.78, 5) is 23.9. The van der Waals surface area contributed by atoms with E-state index in [1.54, 1.807) is 4.68 Å². The van der Waals surface area contributed by atoms with Crippen molar-refractivity contribution in [2.45, 2.75) is 40.0 Å². The zero-order valence-corrected chi connectivity index (χ0v) is 16.9. The number of hydrogen-bond acceptors (Lipinski definition) is 6. The first-order valence-corrected chi connectivity index (χ1v) is 9.92. The zero-order valence-electron chi connectivity index (χ0n) is 16.9. The van der Waals surface area contributed by atoms with Gasteiger partial charge in [-0.3, -0.25) is 9.69 Å². The lowest BCUT2D eigenvalue weighted by molar-refractivity contribution is -0.117. The molecule has 0 radical (unpaired) electrons. The summed E-state index contributed by atoms with van der Waals surface area (Å²) in [5, 5.41) is 7.47. The van der Waals surface area contributed by atoms with Gasteiger partial charge in [0, 0.05) is 36.0 Å². The van der Waals surface area contributed by atoms with E-state index < -0.39 is 0 Å². The molecular weight excluding hydrogens is 356 g/mol. The number of hydrogen-bond donors (Lipinski definition) is 1. The quantitative estimate of drug-likeness (QED) is 0.868. The van der Waals surface area contributed by atoms with Crippen LogP contribution in [0, 0.1) is 26.2 Å². The fourth-order valence-corrected chi connectivity index (χ4v) is 4.12. The maximum atomic E-state index is 12.8. The summed E-state index contributed by atoms with van der Waals surface area (Å²) >= 11 is 0. The Morgan fingerprint density at radius 1 is 1.18 bits per heavy atom. The number of ether oxygens (including phenoxy) is 1. The number of nitrogens with zero attached hydrogens (tertiary/aromatic N) is 5. The second-order valence-electron chi connectivity index (χ2n) is 8.20. The van der Waals surface area contributed by atoms with E-state index in [1.165, 1.54) is 19.3 Å². The van der Waals surface area contributed by atoms with E-state index >= 15 is 0 Å². The van der Waals surface area contributed by atoms with Crippen molar-refractivity contribution < 1.29 is 9.53 Å². The monoisotopic (exact) mass is 384 g/mol. The maximum absolute atomic E-state index is 12.8. The van der Waals surface area contributed by atoms with Crippen LogP contribution in [0.1, 0.15) is 36.3 Å². The molecule has 0 atom stereocenters. The Balaban J connectivity index is 1.47. The van der Waals surface area contributed by atoms with Crippen LogP contribution in [-0.4, -0.2) is 63.4 Å². The maximum Gasteiger partial charge on any atom is 0.252 e. The van der Waals surface area contributed by atoms with Gasteiger partial charge in [0.25, 0.3) is 5.95 Å². The molecule has 2 aromatic heterocycles. The predicted octanol–water partition coefficient (Wildman–Crippen LogP) is 2.03. The van der Waals surface area contributed by atoms with Crippen LogP contribution in [0.15, 0.2) is 12.1 Å². The number of carbonyl (C=O) groups is 1. The van der Waals surface area contributed by atoms with Gasteiger partial charge in [-0.15, -0.1) is 0 Å². The van der Waals surface area contributed by atoms with Gasteiger partial charge in [-0.25, -0.2) is 9.97 Å². The summed E-state index contributed by atoms with van der Waals surface area (Å²) in [5.41, 5.74) is 2.78. The first kappa shape index (κ1) is 19.0. The number of rotatable bonds is 4. The molecule has 28 heavy (non-hydrogen) atoms. The van der Waals surface area contributed by atoms with E-state index in [1.807, 2.05) is 32.9 Å². The number of aromatic nitrogens is 4. The van der Waals surface area contributed by atoms with Crippen LogP contribution in [0.4, 0.5) is 5.82 Å². The highest BCUT2D eigenvalue weighted by Crippen LogP contribution is 2.42. The second-order valence-corrected chi connectivity index (χ2v) is 8.20. The van der Waals surface area contributed by atoms with Crippen molar-refractivity contribution in [2.75, 3.05) is 38.2 Å². The minimum atomic E-state index is -0.0538. The van der Waals surface area contributed by atoms with Gasteiger partial charge in [-0.1, -0.05) is 6.42 Å². The van der Waals surface area contributed by atoms with Gasteiger partial charge < -0.3 is 10.1 Å². The molecule has 3 heterocycles. The van der Waals surface area contributed by atoms with Gasteiger partial charge in [-0.05, 0) is 39.7 Å². The summed E-state index contributed by atoms with van der Waals surface area (Å²) in [7, 11) is 0. The van der Waals surface area contributed by atoms with Gasteiger partial charge in [0.05, 0.1) is 25.5 Å². The van der Waals surface area contributed by atoms with Crippen molar-refractivity contribution in [1.82, 2.24) is 24.6 Å². The average molecular weight is 384 g/mol. The van der Waals surface area contributed by atoms with Gasteiger partial charge in [0.15, 0.2) is 0 Å².